The van der Waals surface area contributed by atoms with Gasteiger partial charge in [0.1, 0.15) is 5.75 Å². The van der Waals surface area contributed by atoms with Crippen LogP contribution in [-0.2, 0) is 4.79 Å². The van der Waals surface area contributed by atoms with E-state index in [0.717, 1.165) is 6.07 Å². The average molecular weight is 250 g/mol. The van der Waals surface area contributed by atoms with Gasteiger partial charge in [0, 0.05) is 0 Å². The molecule has 0 bridgehead atoms. The van der Waals surface area contributed by atoms with Crippen molar-refractivity contribution in [3.05, 3.63) is 29.3 Å². The lowest BCUT2D eigenvalue weighted by Gasteiger charge is -2.13. The molecule has 0 fully saturated rings. The molecular weight excluding hydrogens is 241 g/mol. The smallest absolute Gasteiger partial charge is 0.479 e. The van der Waals surface area contributed by atoms with E-state index < -0.39 is 24.2 Å². The van der Waals surface area contributed by atoms with E-state index in [1.165, 1.54) is 19.1 Å². The van der Waals surface area contributed by atoms with Crippen LogP contribution in [0.15, 0.2) is 18.2 Å². The van der Waals surface area contributed by atoms with E-state index in [9.17, 15) is 23.1 Å². The first-order valence-corrected chi connectivity index (χ1v) is 4.48. The van der Waals surface area contributed by atoms with E-state index in [1.54, 1.807) is 0 Å². The Bertz CT molecular complexity index is 428. The van der Waals surface area contributed by atoms with Crippen LogP contribution >= 0.6 is 0 Å². The van der Waals surface area contributed by atoms with Gasteiger partial charge in [-0.2, -0.15) is 0 Å². The molecule has 0 saturated heterocycles. The average Bonchev–Trinajstić information content (AvgIpc) is 2.18. The maximum absolute atomic E-state index is 12.0. The summed E-state index contributed by atoms with van der Waals surface area (Å²) in [6, 6.07) is 3.31. The Morgan fingerprint density at radius 3 is 2.47 bits per heavy atom. The number of ether oxygens (including phenoxy) is 1. The standard InChI is InChI=1S/C10H9F3O4/c1-5-2-3-6(8(14)9(15)16)4-7(5)17-10(11,12)13/h2-4,8,14H,1H3,(H,15,16). The number of alkyl halides is 3. The van der Waals surface area contributed by atoms with Gasteiger partial charge in [-0.15, -0.1) is 13.2 Å². The molecule has 1 atom stereocenters. The summed E-state index contributed by atoms with van der Waals surface area (Å²) in [6.07, 6.45) is -6.75. The lowest BCUT2D eigenvalue weighted by molar-refractivity contribution is -0.274. The van der Waals surface area contributed by atoms with Gasteiger partial charge in [-0.05, 0) is 24.1 Å². The Labute approximate surface area is 94.3 Å². The maximum Gasteiger partial charge on any atom is 0.573 e. The Morgan fingerprint density at radius 1 is 1.41 bits per heavy atom. The van der Waals surface area contributed by atoms with Gasteiger partial charge < -0.3 is 14.9 Å². The first-order valence-electron chi connectivity index (χ1n) is 4.48. The van der Waals surface area contributed by atoms with Crippen molar-refractivity contribution in [3.8, 4) is 5.75 Å². The van der Waals surface area contributed by atoms with Crippen molar-refractivity contribution in [2.75, 3.05) is 0 Å². The van der Waals surface area contributed by atoms with Gasteiger partial charge in [-0.1, -0.05) is 12.1 Å². The minimum Gasteiger partial charge on any atom is -0.479 e. The number of aliphatic carboxylic acids is 1. The maximum atomic E-state index is 12.0. The predicted octanol–water partition coefficient (Wildman–Crippen LogP) is 2.01. The van der Waals surface area contributed by atoms with Crippen molar-refractivity contribution in [1.29, 1.82) is 0 Å². The fourth-order valence-corrected chi connectivity index (χ4v) is 1.16. The topological polar surface area (TPSA) is 66.8 Å². The zero-order valence-electron chi connectivity index (χ0n) is 8.65. The quantitative estimate of drug-likeness (QED) is 0.861. The molecule has 0 saturated carbocycles. The van der Waals surface area contributed by atoms with Gasteiger partial charge in [0.25, 0.3) is 0 Å². The normalized spacial score (nSPS) is 13.2. The summed E-state index contributed by atoms with van der Waals surface area (Å²) in [7, 11) is 0. The van der Waals surface area contributed by atoms with E-state index >= 15 is 0 Å². The van der Waals surface area contributed by atoms with Crippen LogP contribution in [0.4, 0.5) is 13.2 Å². The fourth-order valence-electron chi connectivity index (χ4n) is 1.16. The van der Waals surface area contributed by atoms with Gasteiger partial charge in [0.15, 0.2) is 6.10 Å². The van der Waals surface area contributed by atoms with E-state index in [4.69, 9.17) is 5.11 Å². The van der Waals surface area contributed by atoms with Crippen molar-refractivity contribution in [2.45, 2.75) is 19.4 Å². The van der Waals surface area contributed by atoms with Crippen LogP contribution < -0.4 is 4.74 Å². The first kappa shape index (κ1) is 13.3. The minimum atomic E-state index is -4.86. The van der Waals surface area contributed by atoms with Crippen LogP contribution in [0.5, 0.6) is 5.75 Å². The number of carboxylic acid groups (broad SMARTS) is 1. The van der Waals surface area contributed by atoms with Crippen LogP contribution in [0, 0.1) is 6.92 Å². The molecule has 2 N–H and O–H groups in total. The number of halogens is 3. The third-order valence-electron chi connectivity index (χ3n) is 1.99. The lowest BCUT2D eigenvalue weighted by Crippen LogP contribution is -2.18. The van der Waals surface area contributed by atoms with Crippen LogP contribution in [0.25, 0.3) is 0 Å². The summed E-state index contributed by atoms with van der Waals surface area (Å²) in [5, 5.41) is 17.7. The van der Waals surface area contributed by atoms with Crippen molar-refractivity contribution in [3.63, 3.8) is 0 Å². The third-order valence-corrected chi connectivity index (χ3v) is 1.99. The van der Waals surface area contributed by atoms with Gasteiger partial charge in [-0.3, -0.25) is 0 Å². The minimum absolute atomic E-state index is 0.178. The summed E-state index contributed by atoms with van der Waals surface area (Å²) in [5.74, 6) is -2.08. The second-order valence-corrected chi connectivity index (χ2v) is 3.31. The molecule has 0 aromatic heterocycles. The number of benzene rings is 1. The summed E-state index contributed by atoms with van der Waals surface area (Å²) >= 11 is 0. The van der Waals surface area contributed by atoms with Crippen LogP contribution in [0.3, 0.4) is 0 Å². The van der Waals surface area contributed by atoms with Crippen molar-refractivity contribution in [2.24, 2.45) is 0 Å². The zero-order chi connectivity index (χ0) is 13.2. The number of carbonyl (C=O) groups is 1. The lowest BCUT2D eigenvalue weighted by atomic mass is 10.1. The second-order valence-electron chi connectivity index (χ2n) is 3.31. The Balaban J connectivity index is 3.06. The zero-order valence-corrected chi connectivity index (χ0v) is 8.65. The number of aliphatic hydroxyl groups excluding tert-OH is 1. The summed E-state index contributed by atoms with van der Waals surface area (Å²) in [6.45, 7) is 1.37. The van der Waals surface area contributed by atoms with Gasteiger partial charge in [-0.25, -0.2) is 4.79 Å². The molecule has 17 heavy (non-hydrogen) atoms. The molecule has 0 aliphatic carbocycles. The Morgan fingerprint density at radius 2 is 2.00 bits per heavy atom. The Hall–Kier alpha value is -1.76. The number of hydrogen-bond donors (Lipinski definition) is 2. The predicted molar refractivity (Wildman–Crippen MR) is 50.5 cm³/mol. The molecule has 0 amide bonds. The van der Waals surface area contributed by atoms with Gasteiger partial charge >= 0.3 is 12.3 Å². The SMILES string of the molecule is Cc1ccc(C(O)C(=O)O)cc1OC(F)(F)F. The number of rotatable bonds is 3. The summed E-state index contributed by atoms with van der Waals surface area (Å²) in [4.78, 5) is 10.5. The highest BCUT2D eigenvalue weighted by Gasteiger charge is 2.32. The van der Waals surface area contributed by atoms with E-state index in [0.29, 0.717) is 0 Å². The first-order chi connectivity index (χ1) is 7.70. The van der Waals surface area contributed by atoms with Crippen molar-refractivity contribution >= 4 is 5.97 Å². The molecular formula is C10H9F3O4. The third kappa shape index (κ3) is 3.63. The van der Waals surface area contributed by atoms with Crippen LogP contribution in [-0.4, -0.2) is 22.5 Å². The molecule has 1 unspecified atom stereocenters. The summed E-state index contributed by atoms with van der Waals surface area (Å²) < 4.78 is 39.7. The number of hydrogen-bond acceptors (Lipinski definition) is 3. The van der Waals surface area contributed by atoms with E-state index in [1.807, 2.05) is 0 Å². The van der Waals surface area contributed by atoms with Gasteiger partial charge in [0.05, 0.1) is 0 Å². The summed E-state index contributed by atoms with van der Waals surface area (Å²) in [5.41, 5.74) is 0.00557. The molecule has 7 heteroatoms. The fraction of sp³-hybridized carbons (Fsp3) is 0.300. The highest BCUT2D eigenvalue weighted by atomic mass is 19.4. The molecule has 0 radical (unpaired) electrons. The largest absolute Gasteiger partial charge is 0.573 e. The monoisotopic (exact) mass is 250 g/mol. The van der Waals surface area contributed by atoms with Crippen molar-refractivity contribution in [1.82, 2.24) is 0 Å². The highest BCUT2D eigenvalue weighted by molar-refractivity contribution is 5.74. The molecule has 0 aliphatic heterocycles. The van der Waals surface area contributed by atoms with Crippen LogP contribution in [0.1, 0.15) is 17.2 Å². The molecule has 1 aromatic carbocycles. The molecule has 0 spiro atoms. The number of aryl methyl sites for hydroxylation is 1. The molecule has 94 valence electrons. The number of carboxylic acids is 1. The molecule has 0 heterocycles. The molecule has 1 aromatic rings. The molecule has 1 rings (SSSR count). The highest BCUT2D eigenvalue weighted by Crippen LogP contribution is 2.28. The Kier molecular flexibility index (Phi) is 3.62. The van der Waals surface area contributed by atoms with Crippen molar-refractivity contribution < 1.29 is 32.9 Å². The second kappa shape index (κ2) is 4.62. The van der Waals surface area contributed by atoms with E-state index in [2.05, 4.69) is 4.74 Å². The van der Waals surface area contributed by atoms with E-state index in [-0.39, 0.29) is 11.1 Å². The molecule has 4 nitrogen and oxygen atoms in total. The molecule has 0 aliphatic rings. The van der Waals surface area contributed by atoms with Gasteiger partial charge in [0.2, 0.25) is 0 Å². The van der Waals surface area contributed by atoms with Crippen LogP contribution in [0.2, 0.25) is 0 Å². The number of aliphatic hydroxyl groups is 1.